The second-order valence-corrected chi connectivity index (χ2v) is 4.97. The lowest BCUT2D eigenvalue weighted by Gasteiger charge is -2.27. The van der Waals surface area contributed by atoms with Gasteiger partial charge in [0.1, 0.15) is 4.60 Å². The van der Waals surface area contributed by atoms with Crippen molar-refractivity contribution in [2.24, 2.45) is 5.92 Å². The van der Waals surface area contributed by atoms with Crippen LogP contribution in [0.25, 0.3) is 0 Å². The first kappa shape index (κ1) is 11.6. The molecule has 4 nitrogen and oxygen atoms in total. The third-order valence-electron chi connectivity index (χ3n) is 3.13. The Morgan fingerprint density at radius 1 is 1.62 bits per heavy atom. The zero-order valence-corrected chi connectivity index (χ0v) is 10.8. The maximum absolute atomic E-state index is 11.5. The molecule has 1 aromatic rings. The van der Waals surface area contributed by atoms with Crippen molar-refractivity contribution in [1.82, 2.24) is 9.78 Å². The molecule has 0 aromatic carbocycles. The van der Waals surface area contributed by atoms with Crippen molar-refractivity contribution in [2.45, 2.75) is 31.7 Å². The molecule has 1 aliphatic rings. The molecule has 1 aliphatic carbocycles. The maximum Gasteiger partial charge on any atom is 0.308 e. The predicted octanol–water partition coefficient (Wildman–Crippen LogP) is 2.55. The van der Waals surface area contributed by atoms with Crippen LogP contribution >= 0.6 is 15.9 Å². The number of ether oxygens (including phenoxy) is 1. The molecule has 0 aliphatic heterocycles. The average molecular weight is 287 g/mol. The van der Waals surface area contributed by atoms with Gasteiger partial charge in [-0.3, -0.25) is 9.48 Å². The van der Waals surface area contributed by atoms with Gasteiger partial charge < -0.3 is 4.74 Å². The summed E-state index contributed by atoms with van der Waals surface area (Å²) in [5.41, 5.74) is 0. The molecule has 16 heavy (non-hydrogen) atoms. The monoisotopic (exact) mass is 286 g/mol. The molecule has 2 rings (SSSR count). The van der Waals surface area contributed by atoms with Crippen LogP contribution in [0.1, 0.15) is 31.7 Å². The minimum Gasteiger partial charge on any atom is -0.469 e. The van der Waals surface area contributed by atoms with Crippen molar-refractivity contribution in [2.75, 3.05) is 7.11 Å². The van der Waals surface area contributed by atoms with Gasteiger partial charge in [-0.05, 0) is 41.3 Å². The Labute approximate surface area is 103 Å². The molecule has 1 saturated carbocycles. The van der Waals surface area contributed by atoms with Crippen LogP contribution in [0.15, 0.2) is 16.9 Å². The Balaban J connectivity index is 2.04. The highest BCUT2D eigenvalue weighted by molar-refractivity contribution is 9.10. The smallest absolute Gasteiger partial charge is 0.308 e. The van der Waals surface area contributed by atoms with Crippen molar-refractivity contribution in [3.05, 3.63) is 16.9 Å². The van der Waals surface area contributed by atoms with E-state index in [-0.39, 0.29) is 11.9 Å². The summed E-state index contributed by atoms with van der Waals surface area (Å²) in [4.78, 5) is 11.5. The van der Waals surface area contributed by atoms with Crippen molar-refractivity contribution < 1.29 is 9.53 Å². The van der Waals surface area contributed by atoms with Crippen LogP contribution in [-0.2, 0) is 9.53 Å². The zero-order chi connectivity index (χ0) is 11.5. The summed E-state index contributed by atoms with van der Waals surface area (Å²) < 4.78 is 7.59. The van der Waals surface area contributed by atoms with Crippen LogP contribution in [0, 0.1) is 5.92 Å². The van der Waals surface area contributed by atoms with E-state index in [4.69, 9.17) is 4.74 Å². The molecular formula is C11H15BrN2O2. The van der Waals surface area contributed by atoms with Gasteiger partial charge >= 0.3 is 5.97 Å². The number of halogens is 1. The summed E-state index contributed by atoms with van der Waals surface area (Å²) in [6.45, 7) is 0. The van der Waals surface area contributed by atoms with E-state index in [2.05, 4.69) is 21.0 Å². The number of hydrogen-bond donors (Lipinski definition) is 0. The molecule has 0 amide bonds. The first-order valence-electron chi connectivity index (χ1n) is 5.49. The van der Waals surface area contributed by atoms with Crippen molar-refractivity contribution >= 4 is 21.9 Å². The lowest BCUT2D eigenvalue weighted by atomic mass is 9.86. The highest BCUT2D eigenvalue weighted by Crippen LogP contribution is 2.33. The normalized spacial score (nSPS) is 25.4. The largest absolute Gasteiger partial charge is 0.469 e. The van der Waals surface area contributed by atoms with E-state index < -0.39 is 0 Å². The molecule has 1 fully saturated rings. The number of methoxy groups -OCH3 is 1. The second kappa shape index (κ2) is 4.99. The van der Waals surface area contributed by atoms with E-state index in [1.807, 2.05) is 16.9 Å². The van der Waals surface area contributed by atoms with Gasteiger partial charge in [0.25, 0.3) is 0 Å². The summed E-state index contributed by atoms with van der Waals surface area (Å²) in [6, 6.07) is 2.24. The second-order valence-electron chi connectivity index (χ2n) is 4.16. The molecule has 2 atom stereocenters. The van der Waals surface area contributed by atoms with Gasteiger partial charge in [-0.15, -0.1) is 0 Å². The van der Waals surface area contributed by atoms with Gasteiger partial charge in [-0.2, -0.15) is 5.10 Å². The van der Waals surface area contributed by atoms with E-state index >= 15 is 0 Å². The van der Waals surface area contributed by atoms with E-state index in [1.165, 1.54) is 7.11 Å². The molecule has 0 radical (unpaired) electrons. The van der Waals surface area contributed by atoms with Gasteiger partial charge in [0.2, 0.25) is 0 Å². The molecule has 5 heteroatoms. The SMILES string of the molecule is COC(=O)[C@H]1CCC[C@@H](n2ccc(Br)n2)C1. The summed E-state index contributed by atoms with van der Waals surface area (Å²) in [5.74, 6) is -0.0531. The number of carbonyl (C=O) groups is 1. The van der Waals surface area contributed by atoms with Crippen LogP contribution in [0.4, 0.5) is 0 Å². The zero-order valence-electron chi connectivity index (χ0n) is 9.23. The molecule has 1 aromatic heterocycles. The molecule has 0 unspecified atom stereocenters. The first-order chi connectivity index (χ1) is 7.70. The average Bonchev–Trinajstić information content (AvgIpc) is 2.75. The van der Waals surface area contributed by atoms with Crippen LogP contribution < -0.4 is 0 Å². The van der Waals surface area contributed by atoms with E-state index in [0.717, 1.165) is 30.3 Å². The number of rotatable bonds is 2. The lowest BCUT2D eigenvalue weighted by molar-refractivity contribution is -0.147. The Morgan fingerprint density at radius 2 is 2.44 bits per heavy atom. The quantitative estimate of drug-likeness (QED) is 0.785. The third-order valence-corrected chi connectivity index (χ3v) is 3.55. The van der Waals surface area contributed by atoms with E-state index in [0.29, 0.717) is 6.04 Å². The minimum absolute atomic E-state index is 0.0340. The first-order valence-corrected chi connectivity index (χ1v) is 6.28. The third kappa shape index (κ3) is 2.45. The van der Waals surface area contributed by atoms with Crippen LogP contribution in [0.5, 0.6) is 0 Å². The molecule has 0 saturated heterocycles. The number of esters is 1. The van der Waals surface area contributed by atoms with Crippen molar-refractivity contribution in [3.63, 3.8) is 0 Å². The van der Waals surface area contributed by atoms with Crippen LogP contribution in [0.3, 0.4) is 0 Å². The van der Waals surface area contributed by atoms with E-state index in [9.17, 15) is 4.79 Å². The van der Waals surface area contributed by atoms with Gasteiger partial charge in [0.15, 0.2) is 0 Å². The summed E-state index contributed by atoms with van der Waals surface area (Å²) in [6.07, 6.45) is 5.87. The van der Waals surface area contributed by atoms with E-state index in [1.54, 1.807) is 0 Å². The number of aromatic nitrogens is 2. The highest BCUT2D eigenvalue weighted by Gasteiger charge is 2.29. The number of carbonyl (C=O) groups excluding carboxylic acids is 1. The van der Waals surface area contributed by atoms with Gasteiger partial charge in [0.05, 0.1) is 19.1 Å². The van der Waals surface area contributed by atoms with Gasteiger partial charge in [-0.25, -0.2) is 0 Å². The van der Waals surface area contributed by atoms with Crippen molar-refractivity contribution in [3.8, 4) is 0 Å². The van der Waals surface area contributed by atoms with Crippen molar-refractivity contribution in [1.29, 1.82) is 0 Å². The van der Waals surface area contributed by atoms with Crippen LogP contribution in [-0.4, -0.2) is 22.9 Å². The lowest BCUT2D eigenvalue weighted by Crippen LogP contribution is -2.26. The molecule has 0 N–H and O–H groups in total. The predicted molar refractivity (Wildman–Crippen MR) is 62.9 cm³/mol. The Hall–Kier alpha value is -0.840. The fourth-order valence-electron chi connectivity index (χ4n) is 2.30. The molecular weight excluding hydrogens is 272 g/mol. The van der Waals surface area contributed by atoms with Gasteiger partial charge in [0, 0.05) is 6.20 Å². The Bertz CT molecular complexity index is 378. The molecule has 1 heterocycles. The number of hydrogen-bond acceptors (Lipinski definition) is 3. The summed E-state index contributed by atoms with van der Waals surface area (Å²) in [7, 11) is 1.45. The highest BCUT2D eigenvalue weighted by atomic mass is 79.9. The van der Waals surface area contributed by atoms with Gasteiger partial charge in [-0.1, -0.05) is 6.42 Å². The number of nitrogens with zero attached hydrogens (tertiary/aromatic N) is 2. The molecule has 0 spiro atoms. The Morgan fingerprint density at radius 3 is 3.06 bits per heavy atom. The minimum atomic E-state index is -0.0871. The summed E-state index contributed by atoms with van der Waals surface area (Å²) in [5, 5.41) is 4.34. The Kier molecular flexibility index (Phi) is 3.63. The van der Waals surface area contributed by atoms with Crippen LogP contribution in [0.2, 0.25) is 0 Å². The molecule has 88 valence electrons. The fourth-order valence-corrected chi connectivity index (χ4v) is 2.60. The fraction of sp³-hybridized carbons (Fsp3) is 0.636. The summed E-state index contributed by atoms with van der Waals surface area (Å²) >= 11 is 3.33. The molecule has 0 bridgehead atoms. The maximum atomic E-state index is 11.5. The topological polar surface area (TPSA) is 44.1 Å². The standard InChI is InChI=1S/C11H15BrN2O2/c1-16-11(15)8-3-2-4-9(7-8)14-6-5-10(12)13-14/h5-6,8-9H,2-4,7H2,1H3/t8-,9+/m0/s1.